The number of hydrogen-bond donors (Lipinski definition) is 0. The van der Waals surface area contributed by atoms with E-state index in [0.29, 0.717) is 0 Å². The summed E-state index contributed by atoms with van der Waals surface area (Å²) in [6.07, 6.45) is 0. The first-order valence-electron chi connectivity index (χ1n) is 18.4. The van der Waals surface area contributed by atoms with Crippen LogP contribution in [0.1, 0.15) is 25.0 Å². The number of para-hydroxylation sites is 4. The molecule has 0 bridgehead atoms. The Morgan fingerprint density at radius 1 is 0.396 bits per heavy atom. The van der Waals surface area contributed by atoms with E-state index >= 15 is 0 Å². The summed E-state index contributed by atoms with van der Waals surface area (Å²) in [4.78, 5) is 2.42. The summed E-state index contributed by atoms with van der Waals surface area (Å²) < 4.78 is 2.43. The van der Waals surface area contributed by atoms with Gasteiger partial charge in [0.2, 0.25) is 0 Å². The van der Waals surface area contributed by atoms with Crippen LogP contribution in [-0.4, -0.2) is 4.57 Å². The van der Waals surface area contributed by atoms with E-state index in [0.717, 1.165) is 17.1 Å². The van der Waals surface area contributed by atoms with Crippen molar-refractivity contribution in [1.82, 2.24) is 4.57 Å². The van der Waals surface area contributed by atoms with Gasteiger partial charge in [0.15, 0.2) is 0 Å². The molecule has 0 radical (unpaired) electrons. The average molecular weight is 679 g/mol. The molecular weight excluding hydrogens is 641 g/mol. The lowest BCUT2D eigenvalue weighted by Gasteiger charge is -2.30. The highest BCUT2D eigenvalue weighted by atomic mass is 15.1. The largest absolute Gasteiger partial charge is 0.310 e. The minimum atomic E-state index is -0.207. The fourth-order valence-corrected chi connectivity index (χ4v) is 8.61. The fraction of sp³-hybridized carbons (Fsp3) is 0.0588. The van der Waals surface area contributed by atoms with Gasteiger partial charge in [-0.1, -0.05) is 147 Å². The molecule has 9 aromatic rings. The van der Waals surface area contributed by atoms with Gasteiger partial charge in [0.25, 0.3) is 0 Å². The second kappa shape index (κ2) is 12.3. The Bertz CT molecular complexity index is 2750. The van der Waals surface area contributed by atoms with E-state index in [9.17, 15) is 0 Å². The molecule has 0 atom stereocenters. The van der Waals surface area contributed by atoms with Gasteiger partial charge in [0, 0.05) is 38.8 Å². The molecule has 1 aliphatic rings. The van der Waals surface area contributed by atoms with Gasteiger partial charge in [-0.15, -0.1) is 0 Å². The monoisotopic (exact) mass is 678 g/mol. The second-order valence-corrected chi connectivity index (χ2v) is 14.6. The van der Waals surface area contributed by atoms with Gasteiger partial charge in [-0.25, -0.2) is 0 Å². The number of rotatable bonds is 6. The molecule has 0 spiro atoms. The number of fused-ring (bicyclic) bond motifs is 6. The number of anilines is 3. The van der Waals surface area contributed by atoms with Gasteiger partial charge in [0.1, 0.15) is 0 Å². The molecule has 0 saturated carbocycles. The topological polar surface area (TPSA) is 8.17 Å². The molecule has 252 valence electrons. The summed E-state index contributed by atoms with van der Waals surface area (Å²) in [5.74, 6) is 0. The average Bonchev–Trinajstić information content (AvgIpc) is 3.67. The van der Waals surface area contributed by atoms with Crippen LogP contribution >= 0.6 is 0 Å². The first-order valence-corrected chi connectivity index (χ1v) is 18.4. The molecule has 1 heterocycles. The van der Waals surface area contributed by atoms with Crippen molar-refractivity contribution in [2.75, 3.05) is 4.90 Å². The molecule has 8 aromatic carbocycles. The zero-order chi connectivity index (χ0) is 35.5. The van der Waals surface area contributed by atoms with Crippen molar-refractivity contribution in [2.45, 2.75) is 19.3 Å². The maximum Gasteiger partial charge on any atom is 0.0541 e. The molecule has 0 aliphatic heterocycles. The number of hydrogen-bond acceptors (Lipinski definition) is 1. The third-order valence-electron chi connectivity index (χ3n) is 11.2. The van der Waals surface area contributed by atoms with E-state index in [4.69, 9.17) is 0 Å². The van der Waals surface area contributed by atoms with Crippen molar-refractivity contribution in [1.29, 1.82) is 0 Å². The van der Waals surface area contributed by atoms with Gasteiger partial charge >= 0.3 is 0 Å². The molecule has 2 heteroatoms. The van der Waals surface area contributed by atoms with E-state index in [-0.39, 0.29) is 5.41 Å². The van der Waals surface area contributed by atoms with Crippen molar-refractivity contribution in [3.63, 3.8) is 0 Å². The van der Waals surface area contributed by atoms with Crippen molar-refractivity contribution in [3.8, 4) is 39.1 Å². The summed E-state index contributed by atoms with van der Waals surface area (Å²) >= 11 is 0. The molecule has 0 amide bonds. The molecule has 1 aliphatic carbocycles. The Morgan fingerprint density at radius 3 is 1.70 bits per heavy atom. The van der Waals surface area contributed by atoms with Crippen LogP contribution in [0.15, 0.2) is 194 Å². The van der Waals surface area contributed by atoms with E-state index in [1.807, 2.05) is 0 Å². The summed E-state index contributed by atoms with van der Waals surface area (Å²) in [7, 11) is 0. The number of aromatic nitrogens is 1. The Hall–Kier alpha value is -6.64. The Morgan fingerprint density at radius 2 is 0.962 bits per heavy atom. The zero-order valence-electron chi connectivity index (χ0n) is 29.9. The fourth-order valence-electron chi connectivity index (χ4n) is 8.61. The molecule has 2 nitrogen and oxygen atoms in total. The maximum absolute atomic E-state index is 2.43. The van der Waals surface area contributed by atoms with E-state index in [2.05, 4.69) is 217 Å². The normalized spacial score (nSPS) is 12.9. The van der Waals surface area contributed by atoms with Crippen molar-refractivity contribution in [2.24, 2.45) is 0 Å². The lowest BCUT2D eigenvalue weighted by atomic mass is 9.82. The summed E-state index contributed by atoms with van der Waals surface area (Å²) in [6, 6.07) is 70.8. The van der Waals surface area contributed by atoms with E-state index in [1.165, 1.54) is 72.0 Å². The van der Waals surface area contributed by atoms with Crippen LogP contribution in [0.5, 0.6) is 0 Å². The third-order valence-corrected chi connectivity index (χ3v) is 11.2. The van der Waals surface area contributed by atoms with Crippen LogP contribution in [0.3, 0.4) is 0 Å². The standard InChI is InChI=1S/C51H38N2/c1-51(2)46-33-39(28-30-42(46)43-31-29-40(34-47(43)51)53-49-26-13-10-23-44(49)45-24-11-14-27-50(45)53)52(38-20-7-4-8-21-38)48-25-12-9-22-41(48)37-19-15-18-36(32-37)35-16-5-3-6-17-35/h3-34H,1-2H3. The zero-order valence-corrected chi connectivity index (χ0v) is 29.9. The molecule has 10 rings (SSSR count). The van der Waals surface area contributed by atoms with Crippen molar-refractivity contribution >= 4 is 38.9 Å². The molecule has 53 heavy (non-hydrogen) atoms. The highest BCUT2D eigenvalue weighted by molar-refractivity contribution is 6.09. The summed E-state index contributed by atoms with van der Waals surface area (Å²) in [6.45, 7) is 4.76. The lowest BCUT2D eigenvalue weighted by molar-refractivity contribution is 0.660. The quantitative estimate of drug-likeness (QED) is 0.170. The molecule has 0 saturated heterocycles. The highest BCUT2D eigenvalue weighted by Crippen LogP contribution is 2.52. The van der Waals surface area contributed by atoms with Gasteiger partial charge in [-0.2, -0.15) is 0 Å². The van der Waals surface area contributed by atoms with Crippen LogP contribution in [0.25, 0.3) is 60.9 Å². The third kappa shape index (κ3) is 5.02. The summed E-state index contributed by atoms with van der Waals surface area (Å²) in [5, 5.41) is 2.56. The highest BCUT2D eigenvalue weighted by Gasteiger charge is 2.36. The van der Waals surface area contributed by atoms with Gasteiger partial charge in [-0.3, -0.25) is 0 Å². The SMILES string of the molecule is CC1(C)c2cc(N(c3ccccc3)c3ccccc3-c3cccc(-c4ccccc4)c3)ccc2-c2ccc(-n3c4ccccc4c4ccccc43)cc21. The Balaban J connectivity index is 1.10. The summed E-state index contributed by atoms with van der Waals surface area (Å²) in [5.41, 5.74) is 17.0. The first kappa shape index (κ1) is 31.1. The minimum Gasteiger partial charge on any atom is -0.310 e. The van der Waals surface area contributed by atoms with E-state index in [1.54, 1.807) is 0 Å². The predicted octanol–water partition coefficient (Wildman–Crippen LogP) is 13.9. The van der Waals surface area contributed by atoms with Crippen LogP contribution < -0.4 is 4.90 Å². The number of benzene rings is 8. The van der Waals surface area contributed by atoms with Gasteiger partial charge in [-0.05, 0) is 99.6 Å². The first-order chi connectivity index (χ1) is 26.1. The van der Waals surface area contributed by atoms with Crippen LogP contribution in [0.2, 0.25) is 0 Å². The molecular formula is C51H38N2. The smallest absolute Gasteiger partial charge is 0.0541 e. The molecule has 0 N–H and O–H groups in total. The second-order valence-electron chi connectivity index (χ2n) is 14.6. The molecule has 0 unspecified atom stereocenters. The minimum absolute atomic E-state index is 0.207. The van der Waals surface area contributed by atoms with Gasteiger partial charge in [0.05, 0.1) is 16.7 Å². The van der Waals surface area contributed by atoms with Crippen LogP contribution in [-0.2, 0) is 5.41 Å². The van der Waals surface area contributed by atoms with Gasteiger partial charge < -0.3 is 9.47 Å². The Labute approximate surface area is 310 Å². The van der Waals surface area contributed by atoms with Crippen LogP contribution in [0.4, 0.5) is 17.1 Å². The molecule has 0 fully saturated rings. The molecule has 1 aromatic heterocycles. The maximum atomic E-state index is 2.43. The lowest BCUT2D eigenvalue weighted by Crippen LogP contribution is -2.17. The number of nitrogens with zero attached hydrogens (tertiary/aromatic N) is 2. The Kier molecular flexibility index (Phi) is 7.19. The van der Waals surface area contributed by atoms with Crippen molar-refractivity contribution in [3.05, 3.63) is 205 Å². The predicted molar refractivity (Wildman–Crippen MR) is 224 cm³/mol. The van der Waals surface area contributed by atoms with Crippen LogP contribution in [0, 0.1) is 0 Å². The van der Waals surface area contributed by atoms with Crippen molar-refractivity contribution < 1.29 is 0 Å². The van der Waals surface area contributed by atoms with E-state index < -0.39 is 0 Å².